The van der Waals surface area contributed by atoms with E-state index in [1.54, 1.807) is 22.2 Å². The fraction of sp³-hybridized carbons (Fsp3) is 0.188. The molecule has 5 nitrogen and oxygen atoms in total. The van der Waals surface area contributed by atoms with Gasteiger partial charge in [0.05, 0.1) is 17.7 Å². The van der Waals surface area contributed by atoms with Gasteiger partial charge in [-0.1, -0.05) is 12.1 Å². The van der Waals surface area contributed by atoms with Crippen LogP contribution in [0.5, 0.6) is 5.75 Å². The monoisotopic (exact) mass is 344 g/mol. The highest BCUT2D eigenvalue weighted by molar-refractivity contribution is 7.71. The molecule has 1 N–H and O–H groups in total. The van der Waals surface area contributed by atoms with Gasteiger partial charge in [0.1, 0.15) is 5.75 Å². The number of nitrogens with one attached hydrogen (secondary N) is 1. The van der Waals surface area contributed by atoms with Gasteiger partial charge in [0, 0.05) is 5.56 Å². The standard InChI is InChI=1S/C16H16N4OS2/c1-3-21-13-6-4-5-12(9-13)15-18-19-16(22)20(15)17-10-14-11(2)7-8-23-14/h4-10H,3H2,1-2H3,(H,19,22). The van der Waals surface area contributed by atoms with Crippen LogP contribution in [-0.2, 0) is 0 Å². The van der Waals surface area contributed by atoms with Crippen LogP contribution in [0.3, 0.4) is 0 Å². The number of H-pyrrole nitrogens is 1. The van der Waals surface area contributed by atoms with E-state index in [1.165, 1.54) is 5.56 Å². The predicted octanol–water partition coefficient (Wildman–Crippen LogP) is 4.26. The lowest BCUT2D eigenvalue weighted by atomic mass is 10.2. The number of aromatic nitrogens is 3. The van der Waals surface area contributed by atoms with Crippen molar-refractivity contribution in [1.29, 1.82) is 0 Å². The van der Waals surface area contributed by atoms with Crippen LogP contribution in [0.4, 0.5) is 0 Å². The van der Waals surface area contributed by atoms with Gasteiger partial charge in [0.2, 0.25) is 4.77 Å². The third kappa shape index (κ3) is 3.40. The minimum Gasteiger partial charge on any atom is -0.494 e. The molecule has 0 aliphatic heterocycles. The maximum absolute atomic E-state index is 5.54. The van der Waals surface area contributed by atoms with Crippen LogP contribution in [0.25, 0.3) is 11.4 Å². The summed E-state index contributed by atoms with van der Waals surface area (Å²) in [5, 5.41) is 13.6. The molecule has 1 aromatic carbocycles. The summed E-state index contributed by atoms with van der Waals surface area (Å²) in [6.45, 7) is 4.63. The molecule has 0 fully saturated rings. The largest absolute Gasteiger partial charge is 0.494 e. The van der Waals surface area contributed by atoms with Crippen molar-refractivity contribution in [2.24, 2.45) is 5.10 Å². The maximum atomic E-state index is 5.54. The van der Waals surface area contributed by atoms with Gasteiger partial charge >= 0.3 is 0 Å². The zero-order valence-corrected chi connectivity index (χ0v) is 14.4. The average Bonchev–Trinajstić information content (AvgIpc) is 3.12. The van der Waals surface area contributed by atoms with Gasteiger partial charge in [-0.3, -0.25) is 0 Å². The van der Waals surface area contributed by atoms with Crippen molar-refractivity contribution in [3.05, 3.63) is 50.9 Å². The van der Waals surface area contributed by atoms with E-state index in [1.807, 2.05) is 36.6 Å². The summed E-state index contributed by atoms with van der Waals surface area (Å²) in [5.74, 6) is 1.45. The first-order valence-corrected chi connectivity index (χ1v) is 8.47. The summed E-state index contributed by atoms with van der Waals surface area (Å²) in [6.07, 6.45) is 1.81. The van der Waals surface area contributed by atoms with Crippen LogP contribution < -0.4 is 4.74 Å². The van der Waals surface area contributed by atoms with Gasteiger partial charge < -0.3 is 4.74 Å². The number of rotatable bonds is 5. The Morgan fingerprint density at radius 3 is 3.04 bits per heavy atom. The normalized spacial score (nSPS) is 11.2. The van der Waals surface area contributed by atoms with Crippen molar-refractivity contribution in [3.8, 4) is 17.1 Å². The Morgan fingerprint density at radius 2 is 2.30 bits per heavy atom. The molecule has 3 aromatic rings. The number of hydrogen-bond donors (Lipinski definition) is 1. The number of nitrogens with zero attached hydrogens (tertiary/aromatic N) is 3. The number of hydrogen-bond acceptors (Lipinski definition) is 5. The van der Waals surface area contributed by atoms with Crippen molar-refractivity contribution < 1.29 is 4.74 Å². The van der Waals surface area contributed by atoms with Crippen LogP contribution in [0.15, 0.2) is 40.8 Å². The molecule has 0 saturated carbocycles. The fourth-order valence-electron chi connectivity index (χ4n) is 2.10. The molecule has 0 bridgehead atoms. The molecule has 0 radical (unpaired) electrons. The van der Waals surface area contributed by atoms with Gasteiger partial charge in [0.25, 0.3) is 0 Å². The van der Waals surface area contributed by atoms with E-state index in [-0.39, 0.29) is 0 Å². The summed E-state index contributed by atoms with van der Waals surface area (Å²) in [5.41, 5.74) is 2.08. The SMILES string of the molecule is CCOc1cccc(-c2n[nH]c(=S)n2N=Cc2sccc2C)c1. The Bertz CT molecular complexity index is 891. The summed E-state index contributed by atoms with van der Waals surface area (Å²) >= 11 is 6.93. The quantitative estimate of drug-likeness (QED) is 0.556. The fourth-order valence-corrected chi connectivity index (χ4v) is 3.06. The molecule has 0 unspecified atom stereocenters. The molecule has 118 valence electrons. The summed E-state index contributed by atoms with van der Waals surface area (Å²) in [4.78, 5) is 1.10. The zero-order chi connectivity index (χ0) is 16.2. The molecule has 23 heavy (non-hydrogen) atoms. The molecule has 0 atom stereocenters. The first-order chi connectivity index (χ1) is 11.2. The summed E-state index contributed by atoms with van der Waals surface area (Å²) in [7, 11) is 0. The van der Waals surface area contributed by atoms with Crippen molar-refractivity contribution in [1.82, 2.24) is 14.9 Å². The van der Waals surface area contributed by atoms with E-state index < -0.39 is 0 Å². The first-order valence-electron chi connectivity index (χ1n) is 7.18. The minimum absolute atomic E-state index is 0.451. The van der Waals surface area contributed by atoms with E-state index in [2.05, 4.69) is 28.3 Å². The van der Waals surface area contributed by atoms with E-state index in [9.17, 15) is 0 Å². The molecule has 3 rings (SSSR count). The van der Waals surface area contributed by atoms with Crippen LogP contribution in [-0.4, -0.2) is 27.7 Å². The third-order valence-electron chi connectivity index (χ3n) is 3.25. The zero-order valence-electron chi connectivity index (χ0n) is 12.8. The lowest BCUT2D eigenvalue weighted by molar-refractivity contribution is 0.340. The molecular formula is C16H16N4OS2. The van der Waals surface area contributed by atoms with Crippen molar-refractivity contribution in [3.63, 3.8) is 0 Å². The Balaban J connectivity index is 1.99. The topological polar surface area (TPSA) is 55.2 Å². The highest BCUT2D eigenvalue weighted by Gasteiger charge is 2.09. The van der Waals surface area contributed by atoms with E-state index in [0.29, 0.717) is 17.2 Å². The van der Waals surface area contributed by atoms with Crippen molar-refractivity contribution in [2.75, 3.05) is 6.61 Å². The minimum atomic E-state index is 0.451. The molecule has 0 saturated heterocycles. The molecule has 2 heterocycles. The third-order valence-corrected chi connectivity index (χ3v) is 4.46. The summed E-state index contributed by atoms with van der Waals surface area (Å²) < 4.78 is 7.61. The second-order valence-corrected chi connectivity index (χ2v) is 6.17. The smallest absolute Gasteiger partial charge is 0.216 e. The number of thiophene rings is 1. The lowest BCUT2D eigenvalue weighted by Gasteiger charge is -2.05. The van der Waals surface area contributed by atoms with Crippen molar-refractivity contribution >= 4 is 29.8 Å². The van der Waals surface area contributed by atoms with Gasteiger partial charge in [-0.2, -0.15) is 14.9 Å². The summed E-state index contributed by atoms with van der Waals surface area (Å²) in [6, 6.07) is 9.78. The van der Waals surface area contributed by atoms with Gasteiger partial charge in [-0.05, 0) is 55.2 Å². The van der Waals surface area contributed by atoms with E-state index in [4.69, 9.17) is 17.0 Å². The molecule has 7 heteroatoms. The molecular weight excluding hydrogens is 328 g/mol. The molecule has 0 amide bonds. The second-order valence-electron chi connectivity index (χ2n) is 4.84. The number of aryl methyl sites for hydroxylation is 1. The van der Waals surface area contributed by atoms with E-state index >= 15 is 0 Å². The lowest BCUT2D eigenvalue weighted by Crippen LogP contribution is -1.96. The Morgan fingerprint density at radius 1 is 1.43 bits per heavy atom. The highest BCUT2D eigenvalue weighted by atomic mass is 32.1. The second kappa shape index (κ2) is 6.89. The van der Waals surface area contributed by atoms with Crippen molar-refractivity contribution in [2.45, 2.75) is 13.8 Å². The van der Waals surface area contributed by atoms with Crippen LogP contribution in [0.2, 0.25) is 0 Å². The van der Waals surface area contributed by atoms with Gasteiger partial charge in [0.15, 0.2) is 5.82 Å². The molecule has 0 aliphatic carbocycles. The van der Waals surface area contributed by atoms with E-state index in [0.717, 1.165) is 16.2 Å². The number of aromatic amines is 1. The average molecular weight is 344 g/mol. The van der Waals surface area contributed by atoms with Crippen LogP contribution >= 0.6 is 23.6 Å². The first kappa shape index (κ1) is 15.6. The van der Waals surface area contributed by atoms with Gasteiger partial charge in [-0.15, -0.1) is 11.3 Å². The van der Waals surface area contributed by atoms with Crippen LogP contribution in [0, 0.1) is 11.7 Å². The highest BCUT2D eigenvalue weighted by Crippen LogP contribution is 2.23. The van der Waals surface area contributed by atoms with Crippen LogP contribution in [0.1, 0.15) is 17.4 Å². The number of ether oxygens (including phenoxy) is 1. The Kier molecular flexibility index (Phi) is 4.68. The predicted molar refractivity (Wildman–Crippen MR) is 96.1 cm³/mol. The molecule has 2 aromatic heterocycles. The maximum Gasteiger partial charge on any atom is 0.216 e. The number of benzene rings is 1. The Hall–Kier alpha value is -2.25. The molecule has 0 spiro atoms. The van der Waals surface area contributed by atoms with Gasteiger partial charge in [-0.25, -0.2) is 5.10 Å². The Labute approximate surface area is 143 Å². The molecule has 0 aliphatic rings.